The summed E-state index contributed by atoms with van der Waals surface area (Å²) in [5.74, 6) is -0.910. The van der Waals surface area contributed by atoms with Gasteiger partial charge in [-0.05, 0) is 49.6 Å². The maximum atomic E-state index is 12.6. The summed E-state index contributed by atoms with van der Waals surface area (Å²) < 4.78 is 0. The van der Waals surface area contributed by atoms with E-state index in [0.717, 1.165) is 22.4 Å². The molecule has 0 aliphatic carbocycles. The van der Waals surface area contributed by atoms with Crippen LogP contribution in [0.3, 0.4) is 0 Å². The molecule has 140 valence electrons. The van der Waals surface area contributed by atoms with Crippen molar-refractivity contribution >= 4 is 28.9 Å². The molecule has 2 aromatic carbocycles. The van der Waals surface area contributed by atoms with Gasteiger partial charge in [0.25, 0.3) is 5.69 Å². The number of non-ortho nitro benzene ring substituents is 1. The van der Waals surface area contributed by atoms with Crippen LogP contribution in [0.2, 0.25) is 0 Å². The molecule has 0 aromatic heterocycles. The van der Waals surface area contributed by atoms with Crippen molar-refractivity contribution in [1.82, 2.24) is 0 Å². The number of aryl methyl sites for hydroxylation is 3. The molecule has 0 radical (unpaired) electrons. The first-order valence-electron chi connectivity index (χ1n) is 8.69. The summed E-state index contributed by atoms with van der Waals surface area (Å²) in [4.78, 5) is 37.1. The molecule has 1 fully saturated rings. The maximum Gasteiger partial charge on any atom is 0.271 e. The molecule has 1 heterocycles. The van der Waals surface area contributed by atoms with Crippen LogP contribution in [0.25, 0.3) is 0 Å². The van der Waals surface area contributed by atoms with Crippen molar-refractivity contribution in [3.05, 3.63) is 63.2 Å². The third-order valence-corrected chi connectivity index (χ3v) is 4.70. The van der Waals surface area contributed by atoms with Gasteiger partial charge in [0.05, 0.1) is 16.5 Å². The zero-order valence-corrected chi connectivity index (χ0v) is 15.5. The van der Waals surface area contributed by atoms with E-state index in [1.165, 1.54) is 12.1 Å². The second-order valence-corrected chi connectivity index (χ2v) is 7.00. The molecule has 1 atom stereocenters. The van der Waals surface area contributed by atoms with Gasteiger partial charge in [-0.2, -0.15) is 0 Å². The SMILES string of the molecule is Cc1cc(C)cc(N2CC(C(=O)Nc3cc([N+](=O)[O-])ccc3C)CC2=O)c1. The van der Waals surface area contributed by atoms with Crippen LogP contribution in [0.1, 0.15) is 23.1 Å². The Morgan fingerprint density at radius 1 is 1.15 bits per heavy atom. The Kier molecular flexibility index (Phi) is 4.94. The molecule has 1 N–H and O–H groups in total. The molecule has 7 heteroatoms. The minimum atomic E-state index is -0.504. The lowest BCUT2D eigenvalue weighted by atomic mass is 10.1. The minimum absolute atomic E-state index is 0.0877. The van der Waals surface area contributed by atoms with Crippen LogP contribution in [-0.2, 0) is 9.59 Å². The van der Waals surface area contributed by atoms with Crippen LogP contribution in [0.15, 0.2) is 36.4 Å². The number of hydrogen-bond donors (Lipinski definition) is 1. The molecule has 7 nitrogen and oxygen atoms in total. The fourth-order valence-corrected chi connectivity index (χ4v) is 3.33. The first kappa shape index (κ1) is 18.6. The highest BCUT2D eigenvalue weighted by molar-refractivity contribution is 6.03. The quantitative estimate of drug-likeness (QED) is 0.661. The van der Waals surface area contributed by atoms with Crippen LogP contribution in [0, 0.1) is 36.8 Å². The van der Waals surface area contributed by atoms with E-state index >= 15 is 0 Å². The van der Waals surface area contributed by atoms with Gasteiger partial charge in [0.15, 0.2) is 0 Å². The monoisotopic (exact) mass is 367 g/mol. The number of nitro groups is 1. The van der Waals surface area contributed by atoms with Gasteiger partial charge in [0.2, 0.25) is 11.8 Å². The number of hydrogen-bond acceptors (Lipinski definition) is 4. The predicted molar refractivity (Wildman–Crippen MR) is 103 cm³/mol. The number of carbonyl (C=O) groups excluding carboxylic acids is 2. The van der Waals surface area contributed by atoms with Crippen molar-refractivity contribution in [1.29, 1.82) is 0 Å². The number of benzene rings is 2. The average molecular weight is 367 g/mol. The molecule has 2 amide bonds. The topological polar surface area (TPSA) is 92.6 Å². The summed E-state index contributed by atoms with van der Waals surface area (Å²) in [7, 11) is 0. The minimum Gasteiger partial charge on any atom is -0.325 e. The van der Waals surface area contributed by atoms with E-state index in [4.69, 9.17) is 0 Å². The van der Waals surface area contributed by atoms with E-state index in [-0.39, 0.29) is 23.9 Å². The van der Waals surface area contributed by atoms with Crippen LogP contribution in [0.5, 0.6) is 0 Å². The van der Waals surface area contributed by atoms with Gasteiger partial charge in [-0.15, -0.1) is 0 Å². The molecule has 1 aliphatic rings. The van der Waals surface area contributed by atoms with Gasteiger partial charge in [-0.1, -0.05) is 12.1 Å². The summed E-state index contributed by atoms with van der Waals surface area (Å²) >= 11 is 0. The van der Waals surface area contributed by atoms with Crippen molar-refractivity contribution < 1.29 is 14.5 Å². The molecule has 0 bridgehead atoms. The Morgan fingerprint density at radius 2 is 1.81 bits per heavy atom. The fourth-order valence-electron chi connectivity index (χ4n) is 3.33. The van der Waals surface area contributed by atoms with Crippen molar-refractivity contribution in [2.45, 2.75) is 27.2 Å². The normalized spacial score (nSPS) is 16.5. The molecule has 3 rings (SSSR count). The molecule has 2 aromatic rings. The fraction of sp³-hybridized carbons (Fsp3) is 0.300. The molecule has 27 heavy (non-hydrogen) atoms. The molecular formula is C20H21N3O4. The smallest absolute Gasteiger partial charge is 0.271 e. The largest absolute Gasteiger partial charge is 0.325 e. The van der Waals surface area contributed by atoms with Gasteiger partial charge in [0.1, 0.15) is 0 Å². The third-order valence-electron chi connectivity index (χ3n) is 4.70. The molecular weight excluding hydrogens is 346 g/mol. The first-order valence-corrected chi connectivity index (χ1v) is 8.69. The standard InChI is InChI=1S/C20H21N3O4/c1-12-6-13(2)8-17(7-12)22-11-15(9-19(22)24)20(25)21-18-10-16(23(26)27)5-4-14(18)3/h4-8,10,15H,9,11H2,1-3H3,(H,21,25). The second kappa shape index (κ2) is 7.19. The Bertz CT molecular complexity index is 919. The van der Waals surface area contributed by atoms with Gasteiger partial charge < -0.3 is 10.2 Å². The zero-order valence-electron chi connectivity index (χ0n) is 15.5. The highest BCUT2D eigenvalue weighted by Gasteiger charge is 2.35. The van der Waals surface area contributed by atoms with Crippen LogP contribution < -0.4 is 10.2 Å². The third kappa shape index (κ3) is 3.97. The zero-order chi connectivity index (χ0) is 19.7. The molecule has 0 spiro atoms. The lowest BCUT2D eigenvalue weighted by molar-refractivity contribution is -0.384. The first-order chi connectivity index (χ1) is 12.7. The van der Waals surface area contributed by atoms with Gasteiger partial charge in [-0.3, -0.25) is 19.7 Å². The summed E-state index contributed by atoms with van der Waals surface area (Å²) in [5, 5.41) is 13.7. The van der Waals surface area contributed by atoms with E-state index < -0.39 is 10.8 Å². The van der Waals surface area contributed by atoms with Crippen molar-refractivity contribution in [3.8, 4) is 0 Å². The predicted octanol–water partition coefficient (Wildman–Crippen LogP) is 3.51. The lowest BCUT2D eigenvalue weighted by Gasteiger charge is -2.18. The van der Waals surface area contributed by atoms with E-state index in [9.17, 15) is 19.7 Å². The summed E-state index contributed by atoms with van der Waals surface area (Å²) in [5.41, 5.74) is 3.93. The Balaban J connectivity index is 1.76. The van der Waals surface area contributed by atoms with E-state index in [2.05, 4.69) is 5.32 Å². The van der Waals surface area contributed by atoms with Crippen LogP contribution in [-0.4, -0.2) is 23.3 Å². The van der Waals surface area contributed by atoms with Crippen LogP contribution in [0.4, 0.5) is 17.1 Å². The van der Waals surface area contributed by atoms with Gasteiger partial charge >= 0.3 is 0 Å². The Morgan fingerprint density at radius 3 is 2.44 bits per heavy atom. The van der Waals surface area contributed by atoms with E-state index in [1.807, 2.05) is 32.0 Å². The number of nitro benzene ring substituents is 1. The molecule has 0 saturated carbocycles. The molecule has 1 aliphatic heterocycles. The molecule has 1 unspecified atom stereocenters. The van der Waals surface area contributed by atoms with E-state index in [1.54, 1.807) is 17.9 Å². The number of anilines is 2. The van der Waals surface area contributed by atoms with Crippen molar-refractivity contribution in [2.75, 3.05) is 16.8 Å². The van der Waals surface area contributed by atoms with Crippen molar-refractivity contribution in [2.24, 2.45) is 5.92 Å². The second-order valence-electron chi connectivity index (χ2n) is 7.00. The maximum absolute atomic E-state index is 12.6. The highest BCUT2D eigenvalue weighted by atomic mass is 16.6. The van der Waals surface area contributed by atoms with E-state index in [0.29, 0.717) is 12.2 Å². The highest BCUT2D eigenvalue weighted by Crippen LogP contribution is 2.29. The summed E-state index contributed by atoms with van der Waals surface area (Å²) in [6.45, 7) is 5.99. The van der Waals surface area contributed by atoms with Gasteiger partial charge in [0, 0.05) is 30.8 Å². The summed E-state index contributed by atoms with van der Waals surface area (Å²) in [6.07, 6.45) is 0.118. The Hall–Kier alpha value is -3.22. The van der Waals surface area contributed by atoms with Gasteiger partial charge in [-0.25, -0.2) is 0 Å². The van der Waals surface area contributed by atoms with Crippen LogP contribution >= 0.6 is 0 Å². The number of amides is 2. The van der Waals surface area contributed by atoms with Crippen molar-refractivity contribution in [3.63, 3.8) is 0 Å². The number of rotatable bonds is 4. The number of nitrogens with one attached hydrogen (secondary N) is 1. The lowest BCUT2D eigenvalue weighted by Crippen LogP contribution is -2.28. The number of carbonyl (C=O) groups is 2. The number of nitrogens with zero attached hydrogens (tertiary/aromatic N) is 2. The Labute approximate surface area is 157 Å². The summed E-state index contributed by atoms with van der Waals surface area (Å²) in [6, 6.07) is 10.2. The molecule has 1 saturated heterocycles. The average Bonchev–Trinajstić information content (AvgIpc) is 2.97.